The van der Waals surface area contributed by atoms with E-state index >= 15 is 0 Å². The van der Waals surface area contributed by atoms with Gasteiger partial charge in [0.15, 0.2) is 5.69 Å². The first-order valence-electron chi connectivity index (χ1n) is 8.39. The van der Waals surface area contributed by atoms with E-state index in [2.05, 4.69) is 20.4 Å². The predicted molar refractivity (Wildman–Crippen MR) is 93.5 cm³/mol. The van der Waals surface area contributed by atoms with Gasteiger partial charge in [-0.15, -0.1) is 0 Å². The van der Waals surface area contributed by atoms with Crippen LogP contribution in [-0.4, -0.2) is 53.7 Å². The van der Waals surface area contributed by atoms with Crippen LogP contribution in [0.1, 0.15) is 21.7 Å². The lowest BCUT2D eigenvalue weighted by molar-refractivity contribution is 0.0739. The van der Waals surface area contributed by atoms with E-state index < -0.39 is 0 Å². The number of fused-ring (bicyclic) bond motifs is 1. The van der Waals surface area contributed by atoms with Gasteiger partial charge in [0.2, 0.25) is 0 Å². The Morgan fingerprint density at radius 2 is 2.04 bits per heavy atom. The van der Waals surface area contributed by atoms with E-state index in [0.29, 0.717) is 43.4 Å². The number of nitrogens with zero attached hydrogens (tertiary/aromatic N) is 3. The Hall–Kier alpha value is -2.12. The number of anilines is 1. The van der Waals surface area contributed by atoms with E-state index in [1.807, 2.05) is 4.90 Å². The first-order valence-corrected chi connectivity index (χ1v) is 8.77. The fourth-order valence-electron chi connectivity index (χ4n) is 3.44. The number of carbonyl (C=O) groups excluding carboxylic acids is 1. The zero-order valence-electron chi connectivity index (χ0n) is 13.7. The molecule has 1 aromatic carbocycles. The number of carbonyl (C=O) groups is 1. The number of hydrogen-bond acceptors (Lipinski definition) is 4. The first-order chi connectivity index (χ1) is 12.1. The van der Waals surface area contributed by atoms with Crippen LogP contribution in [0.3, 0.4) is 0 Å². The normalized spacial score (nSPS) is 17.5. The van der Waals surface area contributed by atoms with Crippen LogP contribution in [0, 0.1) is 5.82 Å². The molecule has 8 heteroatoms. The minimum absolute atomic E-state index is 0.0361. The van der Waals surface area contributed by atoms with Crippen molar-refractivity contribution in [2.24, 2.45) is 0 Å². The van der Waals surface area contributed by atoms with Crippen LogP contribution < -0.4 is 10.2 Å². The minimum atomic E-state index is -0.348. The smallest absolute Gasteiger partial charge is 0.274 e. The summed E-state index contributed by atoms with van der Waals surface area (Å²) in [6.45, 7) is 4.06. The number of halogens is 2. The van der Waals surface area contributed by atoms with Crippen molar-refractivity contribution < 1.29 is 9.18 Å². The molecule has 1 aromatic heterocycles. The van der Waals surface area contributed by atoms with Crippen LogP contribution in [0.25, 0.3) is 0 Å². The molecule has 4 rings (SSSR count). The third kappa shape index (κ3) is 3.09. The predicted octanol–water partition coefficient (Wildman–Crippen LogP) is 1.81. The third-order valence-corrected chi connectivity index (χ3v) is 5.13. The topological polar surface area (TPSA) is 64.3 Å². The van der Waals surface area contributed by atoms with Crippen LogP contribution in [-0.2, 0) is 13.0 Å². The molecule has 0 saturated carbocycles. The molecule has 0 spiro atoms. The summed E-state index contributed by atoms with van der Waals surface area (Å²) in [6, 6.07) is 4.41. The number of nitrogens with one attached hydrogen (secondary N) is 2. The molecule has 0 bridgehead atoms. The van der Waals surface area contributed by atoms with E-state index in [-0.39, 0.29) is 11.7 Å². The van der Waals surface area contributed by atoms with E-state index in [4.69, 9.17) is 11.6 Å². The Balaban J connectivity index is 1.45. The molecule has 3 heterocycles. The number of rotatable bonds is 2. The molecule has 1 saturated heterocycles. The van der Waals surface area contributed by atoms with Gasteiger partial charge in [0.1, 0.15) is 5.82 Å². The molecule has 2 aliphatic rings. The summed E-state index contributed by atoms with van der Waals surface area (Å²) in [5, 5.41) is 10.9. The van der Waals surface area contributed by atoms with Gasteiger partial charge in [-0.05, 0) is 18.2 Å². The summed E-state index contributed by atoms with van der Waals surface area (Å²) in [6.07, 6.45) is 0.868. The Kier molecular flexibility index (Phi) is 4.35. The third-order valence-electron chi connectivity index (χ3n) is 4.83. The second kappa shape index (κ2) is 6.65. The maximum atomic E-state index is 13.2. The van der Waals surface area contributed by atoms with Crippen LogP contribution in [0.5, 0.6) is 0 Å². The number of H-pyrrole nitrogens is 1. The molecule has 1 fully saturated rings. The maximum Gasteiger partial charge on any atom is 0.274 e. The van der Waals surface area contributed by atoms with Gasteiger partial charge in [-0.3, -0.25) is 9.89 Å². The van der Waals surface area contributed by atoms with Crippen molar-refractivity contribution in [3.05, 3.63) is 46.0 Å². The van der Waals surface area contributed by atoms with Gasteiger partial charge in [0, 0.05) is 56.9 Å². The minimum Gasteiger partial charge on any atom is -0.367 e. The fraction of sp³-hybridized carbons (Fsp3) is 0.412. The van der Waals surface area contributed by atoms with Gasteiger partial charge in [-0.2, -0.15) is 5.10 Å². The van der Waals surface area contributed by atoms with E-state index in [1.54, 1.807) is 6.07 Å². The first kappa shape index (κ1) is 16.4. The molecule has 2 aromatic rings. The number of piperazine rings is 1. The quantitative estimate of drug-likeness (QED) is 0.854. The van der Waals surface area contributed by atoms with Crippen molar-refractivity contribution in [1.29, 1.82) is 0 Å². The zero-order chi connectivity index (χ0) is 17.4. The molecule has 2 aliphatic heterocycles. The van der Waals surface area contributed by atoms with Crippen LogP contribution in [0.4, 0.5) is 10.1 Å². The van der Waals surface area contributed by atoms with Crippen molar-refractivity contribution >= 4 is 23.2 Å². The standard InChI is InChI=1S/C17H19ClFN5O/c18-13-9-11(19)1-2-15(13)23-5-7-24(8-6-23)17(25)16-12-10-20-4-3-14(12)21-22-16/h1-2,9,20H,3-8,10H2,(H,21,22). The molecular formula is C17H19ClFN5O. The van der Waals surface area contributed by atoms with Gasteiger partial charge in [-0.1, -0.05) is 11.6 Å². The fourth-order valence-corrected chi connectivity index (χ4v) is 3.73. The van der Waals surface area contributed by atoms with Gasteiger partial charge < -0.3 is 15.1 Å². The summed E-state index contributed by atoms with van der Waals surface area (Å²) in [5.41, 5.74) is 3.37. The van der Waals surface area contributed by atoms with Crippen molar-refractivity contribution in [3.63, 3.8) is 0 Å². The van der Waals surface area contributed by atoms with Gasteiger partial charge in [-0.25, -0.2) is 4.39 Å². The Morgan fingerprint density at radius 3 is 2.80 bits per heavy atom. The molecule has 6 nitrogen and oxygen atoms in total. The zero-order valence-corrected chi connectivity index (χ0v) is 14.4. The molecule has 132 valence electrons. The molecule has 2 N–H and O–H groups in total. The Bertz CT molecular complexity index is 800. The van der Waals surface area contributed by atoms with E-state index in [1.165, 1.54) is 12.1 Å². The Morgan fingerprint density at radius 1 is 1.24 bits per heavy atom. The molecule has 0 aliphatic carbocycles. The number of benzene rings is 1. The van der Waals surface area contributed by atoms with Crippen molar-refractivity contribution in [2.45, 2.75) is 13.0 Å². The van der Waals surface area contributed by atoms with Crippen molar-refractivity contribution in [1.82, 2.24) is 20.4 Å². The van der Waals surface area contributed by atoms with Crippen LogP contribution in [0.2, 0.25) is 5.02 Å². The van der Waals surface area contributed by atoms with Gasteiger partial charge in [0.05, 0.1) is 10.7 Å². The van der Waals surface area contributed by atoms with E-state index in [9.17, 15) is 9.18 Å². The summed E-state index contributed by atoms with van der Waals surface area (Å²) in [5.74, 6) is -0.384. The lowest BCUT2D eigenvalue weighted by Gasteiger charge is -2.36. The summed E-state index contributed by atoms with van der Waals surface area (Å²) >= 11 is 6.14. The van der Waals surface area contributed by atoms with Crippen molar-refractivity contribution in [2.75, 3.05) is 37.6 Å². The lowest BCUT2D eigenvalue weighted by atomic mass is 10.1. The molecule has 0 unspecified atom stereocenters. The largest absolute Gasteiger partial charge is 0.367 e. The van der Waals surface area contributed by atoms with Gasteiger partial charge >= 0.3 is 0 Å². The summed E-state index contributed by atoms with van der Waals surface area (Å²) in [4.78, 5) is 16.7. The van der Waals surface area contributed by atoms with Crippen molar-refractivity contribution in [3.8, 4) is 0 Å². The number of hydrogen-bond donors (Lipinski definition) is 2. The molecular weight excluding hydrogens is 345 g/mol. The summed E-state index contributed by atoms with van der Waals surface area (Å²) < 4.78 is 13.2. The number of aromatic amines is 1. The summed E-state index contributed by atoms with van der Waals surface area (Å²) in [7, 11) is 0. The molecule has 0 atom stereocenters. The maximum absolute atomic E-state index is 13.2. The second-order valence-electron chi connectivity index (χ2n) is 6.33. The highest BCUT2D eigenvalue weighted by atomic mass is 35.5. The Labute approximate surface area is 149 Å². The average Bonchev–Trinajstić information content (AvgIpc) is 3.05. The average molecular weight is 364 g/mol. The van der Waals surface area contributed by atoms with Crippen LogP contribution in [0.15, 0.2) is 18.2 Å². The SMILES string of the molecule is O=C(c1n[nH]c2c1CNCC2)N1CCN(c2ccc(F)cc2Cl)CC1. The molecule has 1 amide bonds. The lowest BCUT2D eigenvalue weighted by Crippen LogP contribution is -2.49. The molecule has 0 radical (unpaired) electrons. The monoisotopic (exact) mass is 363 g/mol. The second-order valence-corrected chi connectivity index (χ2v) is 6.74. The van der Waals surface area contributed by atoms with Gasteiger partial charge in [0.25, 0.3) is 5.91 Å². The van der Waals surface area contributed by atoms with Crippen LogP contribution >= 0.6 is 11.6 Å². The highest BCUT2D eigenvalue weighted by Crippen LogP contribution is 2.27. The number of amides is 1. The number of aromatic nitrogens is 2. The highest BCUT2D eigenvalue weighted by Gasteiger charge is 2.28. The van der Waals surface area contributed by atoms with E-state index in [0.717, 1.165) is 29.9 Å². The molecule has 25 heavy (non-hydrogen) atoms. The highest BCUT2D eigenvalue weighted by molar-refractivity contribution is 6.33.